The van der Waals surface area contributed by atoms with E-state index >= 15 is 0 Å². The fourth-order valence-electron chi connectivity index (χ4n) is 4.81. The van der Waals surface area contributed by atoms with E-state index in [-0.39, 0.29) is 10.9 Å². The number of hydrogen-bond acceptors (Lipinski definition) is 5. The largest absolute Gasteiger partial charge is 0.454 e. The summed E-state index contributed by atoms with van der Waals surface area (Å²) in [5, 5.41) is 0.116. The number of carbonyl (C=O) groups excluding carboxylic acids is 2. The van der Waals surface area contributed by atoms with Crippen LogP contribution in [0.4, 0.5) is 10.1 Å². The lowest BCUT2D eigenvalue weighted by molar-refractivity contribution is -0.127. The van der Waals surface area contributed by atoms with Gasteiger partial charge >= 0.3 is 0 Å². The Morgan fingerprint density at radius 1 is 1.03 bits per heavy atom. The molecule has 6 rings (SSSR count). The number of piperazine rings is 1. The number of para-hydroxylation sites is 2. The minimum Gasteiger partial charge on any atom is -0.454 e. The van der Waals surface area contributed by atoms with E-state index in [1.165, 1.54) is 17.2 Å². The smallest absolute Gasteiger partial charge is 0.295 e. The number of benzene rings is 3. The standard InChI is InChI=1S/C28H22BrFN4O3/c1-16-6-9-22-17(14-16)27(32-21-4-2-3-5-23(21)37-22)33-10-12-34(13-11-33)28(36)26(35)18-15-31-25-19(29)7-8-20(30)24(18)25/h2-9,14-15,31H,10-13H2,1H3. The van der Waals surface area contributed by atoms with Gasteiger partial charge in [-0.1, -0.05) is 23.8 Å². The quantitative estimate of drug-likeness (QED) is 0.256. The van der Waals surface area contributed by atoms with Crippen LogP contribution in [0, 0.1) is 12.7 Å². The predicted octanol–water partition coefficient (Wildman–Crippen LogP) is 5.59. The number of amides is 1. The van der Waals surface area contributed by atoms with Gasteiger partial charge in [-0.3, -0.25) is 9.59 Å². The van der Waals surface area contributed by atoms with Crippen LogP contribution in [-0.2, 0) is 4.79 Å². The van der Waals surface area contributed by atoms with E-state index < -0.39 is 17.5 Å². The first kappa shape index (κ1) is 23.4. The van der Waals surface area contributed by atoms with Crippen LogP contribution < -0.4 is 4.74 Å². The van der Waals surface area contributed by atoms with Gasteiger partial charge in [0.15, 0.2) is 5.75 Å². The molecule has 0 saturated carbocycles. The van der Waals surface area contributed by atoms with Crippen molar-refractivity contribution in [1.29, 1.82) is 0 Å². The van der Waals surface area contributed by atoms with E-state index in [1.807, 2.05) is 49.4 Å². The number of ether oxygens (including phenoxy) is 1. The maximum atomic E-state index is 14.5. The molecule has 0 unspecified atom stereocenters. The van der Waals surface area contributed by atoms with E-state index in [2.05, 4.69) is 25.8 Å². The first-order valence-electron chi connectivity index (χ1n) is 11.9. The Labute approximate surface area is 220 Å². The molecule has 0 radical (unpaired) electrons. The Morgan fingerprint density at radius 2 is 1.81 bits per heavy atom. The third-order valence-corrected chi connectivity index (χ3v) is 7.39. The second-order valence-electron chi connectivity index (χ2n) is 9.09. The number of halogens is 2. The molecule has 4 aromatic rings. The number of H-pyrrole nitrogens is 1. The second kappa shape index (κ2) is 9.15. The summed E-state index contributed by atoms with van der Waals surface area (Å²) in [4.78, 5) is 37.7. The summed E-state index contributed by atoms with van der Waals surface area (Å²) in [6.45, 7) is 3.66. The van der Waals surface area contributed by atoms with Gasteiger partial charge in [0, 0.05) is 42.2 Å². The lowest BCUT2D eigenvalue weighted by atomic mass is 10.1. The molecule has 0 aliphatic carbocycles. The van der Waals surface area contributed by atoms with Crippen LogP contribution in [-0.4, -0.2) is 58.5 Å². The van der Waals surface area contributed by atoms with Crippen molar-refractivity contribution in [3.63, 3.8) is 0 Å². The number of rotatable bonds is 2. The summed E-state index contributed by atoms with van der Waals surface area (Å²) in [7, 11) is 0. The highest BCUT2D eigenvalue weighted by Gasteiger charge is 2.32. The maximum absolute atomic E-state index is 14.5. The SMILES string of the molecule is Cc1ccc2c(c1)C(N1CCN(C(=O)C(=O)c3c[nH]c4c(Br)ccc(F)c34)CC1)=Nc1ccccc1O2. The molecule has 186 valence electrons. The molecule has 7 nitrogen and oxygen atoms in total. The number of aliphatic imine (C=N–C) groups is 1. The van der Waals surface area contributed by atoms with Crippen molar-refractivity contribution in [3.05, 3.63) is 87.8 Å². The molecular formula is C28H22BrFN4O3. The van der Waals surface area contributed by atoms with Gasteiger partial charge in [-0.15, -0.1) is 0 Å². The summed E-state index contributed by atoms with van der Waals surface area (Å²) in [6.07, 6.45) is 1.39. The molecule has 3 heterocycles. The van der Waals surface area contributed by atoms with E-state index in [9.17, 15) is 14.0 Å². The zero-order valence-electron chi connectivity index (χ0n) is 19.9. The summed E-state index contributed by atoms with van der Waals surface area (Å²) in [5.74, 6) is 0.239. The van der Waals surface area contributed by atoms with Crippen LogP contribution in [0.1, 0.15) is 21.5 Å². The van der Waals surface area contributed by atoms with Gasteiger partial charge in [-0.05, 0) is 59.3 Å². The monoisotopic (exact) mass is 560 g/mol. The molecule has 1 saturated heterocycles. The Balaban J connectivity index is 1.25. The minimum atomic E-state index is -0.730. The lowest BCUT2D eigenvalue weighted by Gasteiger charge is -2.36. The lowest BCUT2D eigenvalue weighted by Crippen LogP contribution is -2.52. The number of fused-ring (bicyclic) bond motifs is 3. The number of aromatic nitrogens is 1. The molecule has 0 spiro atoms. The molecule has 1 aromatic heterocycles. The number of amidine groups is 1. The Morgan fingerprint density at radius 3 is 2.62 bits per heavy atom. The van der Waals surface area contributed by atoms with E-state index in [4.69, 9.17) is 9.73 Å². The molecule has 1 amide bonds. The molecule has 2 aliphatic heterocycles. The van der Waals surface area contributed by atoms with Crippen LogP contribution in [0.3, 0.4) is 0 Å². The van der Waals surface area contributed by atoms with E-state index in [0.29, 0.717) is 41.9 Å². The third-order valence-electron chi connectivity index (χ3n) is 6.73. The highest BCUT2D eigenvalue weighted by Crippen LogP contribution is 2.38. The molecule has 2 aliphatic rings. The Kier molecular flexibility index (Phi) is 5.79. The van der Waals surface area contributed by atoms with Gasteiger partial charge in [0.05, 0.1) is 16.6 Å². The Bertz CT molecular complexity index is 1600. The molecule has 1 fully saturated rings. The van der Waals surface area contributed by atoms with Crippen LogP contribution in [0.2, 0.25) is 0 Å². The summed E-state index contributed by atoms with van der Waals surface area (Å²) >= 11 is 3.35. The van der Waals surface area contributed by atoms with Crippen molar-refractivity contribution >= 4 is 50.0 Å². The van der Waals surface area contributed by atoms with Crippen molar-refractivity contribution < 1.29 is 18.7 Å². The first-order chi connectivity index (χ1) is 17.9. The topological polar surface area (TPSA) is 78.0 Å². The normalized spacial score (nSPS) is 14.9. The number of Topliss-reactive ketones (excluding diaryl/α,β-unsaturated/α-hetero) is 1. The van der Waals surface area contributed by atoms with Gasteiger partial charge in [0.1, 0.15) is 23.1 Å². The number of aryl methyl sites for hydroxylation is 1. The summed E-state index contributed by atoms with van der Waals surface area (Å²) < 4.78 is 21.3. The molecule has 0 bridgehead atoms. The highest BCUT2D eigenvalue weighted by molar-refractivity contribution is 9.10. The average molecular weight is 561 g/mol. The van der Waals surface area contributed by atoms with Crippen LogP contribution in [0.25, 0.3) is 10.9 Å². The number of hydrogen-bond donors (Lipinski definition) is 1. The number of nitrogens with zero attached hydrogens (tertiary/aromatic N) is 3. The van der Waals surface area contributed by atoms with Crippen LogP contribution in [0.15, 0.2) is 70.3 Å². The summed E-state index contributed by atoms with van der Waals surface area (Å²) in [5.41, 5.74) is 3.17. The Hall–Kier alpha value is -3.98. The average Bonchev–Trinajstić information content (AvgIpc) is 3.30. The van der Waals surface area contributed by atoms with Crippen molar-refractivity contribution in [2.45, 2.75) is 6.92 Å². The number of carbonyl (C=O) groups is 2. The van der Waals surface area contributed by atoms with Crippen molar-refractivity contribution in [1.82, 2.24) is 14.8 Å². The van der Waals surface area contributed by atoms with Crippen molar-refractivity contribution in [2.75, 3.05) is 26.2 Å². The maximum Gasteiger partial charge on any atom is 0.295 e. The molecule has 3 aromatic carbocycles. The van der Waals surface area contributed by atoms with Gasteiger partial charge in [0.2, 0.25) is 0 Å². The second-order valence-corrected chi connectivity index (χ2v) is 9.95. The van der Waals surface area contributed by atoms with Gasteiger partial charge in [-0.25, -0.2) is 9.38 Å². The molecule has 37 heavy (non-hydrogen) atoms. The zero-order valence-corrected chi connectivity index (χ0v) is 21.5. The van der Waals surface area contributed by atoms with Crippen molar-refractivity contribution in [3.8, 4) is 11.5 Å². The van der Waals surface area contributed by atoms with Crippen LogP contribution in [0.5, 0.6) is 11.5 Å². The van der Waals surface area contributed by atoms with Crippen molar-refractivity contribution in [2.24, 2.45) is 4.99 Å². The number of nitrogens with one attached hydrogen (secondary N) is 1. The third kappa shape index (κ3) is 4.09. The van der Waals surface area contributed by atoms with E-state index in [0.717, 1.165) is 28.4 Å². The van der Waals surface area contributed by atoms with Gasteiger partial charge in [-0.2, -0.15) is 0 Å². The molecule has 9 heteroatoms. The van der Waals surface area contributed by atoms with E-state index in [1.54, 1.807) is 6.07 Å². The number of ketones is 1. The first-order valence-corrected chi connectivity index (χ1v) is 12.7. The minimum absolute atomic E-state index is 0.0348. The fourth-order valence-corrected chi connectivity index (χ4v) is 5.25. The molecule has 0 atom stereocenters. The van der Waals surface area contributed by atoms with Gasteiger partial charge in [0.25, 0.3) is 11.7 Å². The summed E-state index contributed by atoms with van der Waals surface area (Å²) in [6, 6.07) is 16.4. The zero-order chi connectivity index (χ0) is 25.7. The van der Waals surface area contributed by atoms with Crippen LogP contribution >= 0.6 is 15.9 Å². The fraction of sp³-hybridized carbons (Fsp3) is 0.179. The molecule has 1 N–H and O–H groups in total. The predicted molar refractivity (Wildman–Crippen MR) is 142 cm³/mol. The highest BCUT2D eigenvalue weighted by atomic mass is 79.9. The molecular weight excluding hydrogens is 539 g/mol. The van der Waals surface area contributed by atoms with Gasteiger partial charge < -0.3 is 19.5 Å². The number of aromatic amines is 1.